The summed E-state index contributed by atoms with van der Waals surface area (Å²) >= 11 is 11.8. The Morgan fingerprint density at radius 2 is 1.86 bits per heavy atom. The fourth-order valence-corrected chi connectivity index (χ4v) is 2.25. The van der Waals surface area contributed by atoms with Crippen LogP contribution in [0.3, 0.4) is 0 Å². The van der Waals surface area contributed by atoms with Crippen molar-refractivity contribution < 1.29 is 19.4 Å². The van der Waals surface area contributed by atoms with Gasteiger partial charge in [0.15, 0.2) is 5.92 Å². The van der Waals surface area contributed by atoms with Crippen LogP contribution < -0.4 is 5.73 Å². The Morgan fingerprint density at radius 1 is 1.29 bits per heavy atom. The molecule has 0 aromatic heterocycles. The molecule has 7 heteroatoms. The molecule has 5 nitrogen and oxygen atoms in total. The van der Waals surface area contributed by atoms with Gasteiger partial charge in [-0.25, -0.2) is 0 Å². The highest BCUT2D eigenvalue weighted by Gasteiger charge is 2.37. The maximum absolute atomic E-state index is 12.0. The minimum Gasteiger partial charge on any atom is -0.481 e. The van der Waals surface area contributed by atoms with E-state index in [0.29, 0.717) is 10.6 Å². The molecule has 1 aromatic carbocycles. The maximum Gasteiger partial charge on any atom is 0.322 e. The van der Waals surface area contributed by atoms with Crippen LogP contribution in [0.5, 0.6) is 0 Å². The van der Waals surface area contributed by atoms with Gasteiger partial charge in [-0.15, -0.1) is 0 Å². The summed E-state index contributed by atoms with van der Waals surface area (Å²) in [5.41, 5.74) is 5.41. The van der Waals surface area contributed by atoms with Gasteiger partial charge in [-0.1, -0.05) is 29.3 Å². The van der Waals surface area contributed by atoms with Crippen molar-refractivity contribution in [3.05, 3.63) is 33.8 Å². The van der Waals surface area contributed by atoms with Crippen LogP contribution in [-0.2, 0) is 14.3 Å². The zero-order chi connectivity index (χ0) is 16.4. The number of halogens is 2. The molecule has 1 unspecified atom stereocenters. The molecule has 0 heterocycles. The van der Waals surface area contributed by atoms with Gasteiger partial charge in [0.25, 0.3) is 0 Å². The van der Waals surface area contributed by atoms with Gasteiger partial charge in [0.1, 0.15) is 5.60 Å². The van der Waals surface area contributed by atoms with E-state index < -0.39 is 29.5 Å². The third-order valence-electron chi connectivity index (χ3n) is 2.61. The van der Waals surface area contributed by atoms with Gasteiger partial charge in [-0.3, -0.25) is 9.59 Å². The lowest BCUT2D eigenvalue weighted by Crippen LogP contribution is -2.39. The van der Waals surface area contributed by atoms with Gasteiger partial charge in [0, 0.05) is 10.0 Å². The molecule has 2 atom stereocenters. The molecule has 1 rings (SSSR count). The summed E-state index contributed by atoms with van der Waals surface area (Å²) in [6, 6.07) is 3.32. The number of benzene rings is 1. The zero-order valence-corrected chi connectivity index (χ0v) is 13.4. The van der Waals surface area contributed by atoms with Gasteiger partial charge in [-0.05, 0) is 38.5 Å². The van der Waals surface area contributed by atoms with Gasteiger partial charge in [0.05, 0.1) is 6.04 Å². The molecule has 3 N–H and O–H groups in total. The van der Waals surface area contributed by atoms with E-state index in [0.717, 1.165) is 0 Å². The van der Waals surface area contributed by atoms with Crippen molar-refractivity contribution in [2.45, 2.75) is 32.4 Å². The van der Waals surface area contributed by atoms with Gasteiger partial charge < -0.3 is 15.6 Å². The summed E-state index contributed by atoms with van der Waals surface area (Å²) in [7, 11) is 0. The summed E-state index contributed by atoms with van der Waals surface area (Å²) in [6.07, 6.45) is 0. The van der Waals surface area contributed by atoms with Crippen molar-refractivity contribution in [1.82, 2.24) is 0 Å². The lowest BCUT2D eigenvalue weighted by atomic mass is 9.93. The fourth-order valence-electron chi connectivity index (χ4n) is 1.72. The highest BCUT2D eigenvalue weighted by molar-refractivity contribution is 6.35. The summed E-state index contributed by atoms with van der Waals surface area (Å²) in [4.78, 5) is 23.4. The number of carbonyl (C=O) groups is 2. The van der Waals surface area contributed by atoms with E-state index in [4.69, 9.17) is 33.7 Å². The second-order valence-electron chi connectivity index (χ2n) is 5.54. The number of nitrogens with two attached hydrogens (primary N) is 1. The molecule has 0 aliphatic rings. The number of ether oxygens (including phenoxy) is 1. The molecule has 1 aromatic rings. The first-order valence-corrected chi connectivity index (χ1v) is 6.94. The highest BCUT2D eigenvalue weighted by Crippen LogP contribution is 2.30. The van der Waals surface area contributed by atoms with Crippen molar-refractivity contribution in [2.24, 2.45) is 11.7 Å². The molecule has 21 heavy (non-hydrogen) atoms. The van der Waals surface area contributed by atoms with Gasteiger partial charge in [0.2, 0.25) is 0 Å². The van der Waals surface area contributed by atoms with Crippen LogP contribution in [0.1, 0.15) is 32.4 Å². The van der Waals surface area contributed by atoms with Crippen LogP contribution in [0.15, 0.2) is 18.2 Å². The predicted molar refractivity (Wildman–Crippen MR) is 80.4 cm³/mol. The second kappa shape index (κ2) is 6.64. The Labute approximate surface area is 133 Å². The van der Waals surface area contributed by atoms with E-state index in [1.165, 1.54) is 18.2 Å². The zero-order valence-electron chi connectivity index (χ0n) is 11.9. The first-order chi connectivity index (χ1) is 9.53. The van der Waals surface area contributed by atoms with Crippen LogP contribution in [0.2, 0.25) is 10.0 Å². The number of carboxylic acids is 1. The Hall–Kier alpha value is -1.30. The normalized spacial score (nSPS) is 14.4. The number of carbonyl (C=O) groups excluding carboxylic acids is 1. The molecule has 0 radical (unpaired) electrons. The van der Waals surface area contributed by atoms with Crippen molar-refractivity contribution >= 4 is 35.1 Å². The molecular formula is C14H17Cl2NO4. The van der Waals surface area contributed by atoms with Crippen molar-refractivity contribution in [2.75, 3.05) is 0 Å². The summed E-state index contributed by atoms with van der Waals surface area (Å²) in [6.45, 7) is 4.93. The van der Waals surface area contributed by atoms with E-state index in [1.54, 1.807) is 20.8 Å². The Kier molecular flexibility index (Phi) is 5.61. The molecule has 0 bridgehead atoms. The fraction of sp³-hybridized carbons (Fsp3) is 0.429. The molecule has 0 saturated carbocycles. The number of esters is 1. The number of hydrogen-bond acceptors (Lipinski definition) is 4. The van der Waals surface area contributed by atoms with E-state index in [2.05, 4.69) is 0 Å². The third-order valence-corrected chi connectivity index (χ3v) is 3.17. The monoisotopic (exact) mass is 333 g/mol. The van der Waals surface area contributed by atoms with Gasteiger partial charge >= 0.3 is 11.9 Å². The predicted octanol–water partition coefficient (Wildman–Crippen LogP) is 3.04. The molecule has 0 fully saturated rings. The van der Waals surface area contributed by atoms with Crippen LogP contribution in [-0.4, -0.2) is 22.6 Å². The summed E-state index contributed by atoms with van der Waals surface area (Å²) in [5.74, 6) is -3.83. The third kappa shape index (κ3) is 4.88. The Morgan fingerprint density at radius 3 is 2.29 bits per heavy atom. The lowest BCUT2D eigenvalue weighted by Gasteiger charge is -2.25. The van der Waals surface area contributed by atoms with Crippen molar-refractivity contribution in [1.29, 1.82) is 0 Å². The standard InChI is InChI=1S/C14H17Cl2NO4/c1-14(2,3)21-13(20)10(12(18)19)11(17)8-5-4-7(15)6-9(8)16/h4-6,10-11H,17H2,1-3H3,(H,18,19)/t10-,11?/m1/s1. The second-order valence-corrected chi connectivity index (χ2v) is 6.38. The van der Waals surface area contributed by atoms with E-state index in [9.17, 15) is 14.7 Å². The Bertz CT molecular complexity index is 554. The topological polar surface area (TPSA) is 89.6 Å². The smallest absolute Gasteiger partial charge is 0.322 e. The quantitative estimate of drug-likeness (QED) is 0.652. The molecule has 0 aliphatic heterocycles. The largest absolute Gasteiger partial charge is 0.481 e. The summed E-state index contributed by atoms with van der Waals surface area (Å²) in [5, 5.41) is 9.86. The van der Waals surface area contributed by atoms with E-state index >= 15 is 0 Å². The van der Waals surface area contributed by atoms with Gasteiger partial charge in [-0.2, -0.15) is 0 Å². The molecular weight excluding hydrogens is 317 g/mol. The van der Waals surface area contributed by atoms with Crippen molar-refractivity contribution in [3.63, 3.8) is 0 Å². The average Bonchev–Trinajstić information content (AvgIpc) is 2.25. The molecule has 0 spiro atoms. The number of aliphatic carboxylic acids is 1. The molecule has 0 saturated heterocycles. The molecule has 0 aliphatic carbocycles. The van der Waals surface area contributed by atoms with Crippen LogP contribution in [0.25, 0.3) is 0 Å². The van der Waals surface area contributed by atoms with E-state index in [1.807, 2.05) is 0 Å². The average molecular weight is 334 g/mol. The number of hydrogen-bond donors (Lipinski definition) is 2. The van der Waals surface area contributed by atoms with Crippen LogP contribution >= 0.6 is 23.2 Å². The summed E-state index contributed by atoms with van der Waals surface area (Å²) < 4.78 is 5.10. The Balaban J connectivity index is 3.11. The number of carboxylic acid groups (broad SMARTS) is 1. The maximum atomic E-state index is 12.0. The first kappa shape index (κ1) is 17.8. The molecule has 116 valence electrons. The minimum absolute atomic E-state index is 0.199. The van der Waals surface area contributed by atoms with Crippen LogP contribution in [0, 0.1) is 5.92 Å². The lowest BCUT2D eigenvalue weighted by molar-refractivity contribution is -0.167. The van der Waals surface area contributed by atoms with Crippen molar-refractivity contribution in [3.8, 4) is 0 Å². The van der Waals surface area contributed by atoms with E-state index in [-0.39, 0.29) is 5.02 Å². The highest BCUT2D eigenvalue weighted by atomic mass is 35.5. The SMILES string of the molecule is CC(C)(C)OC(=O)[C@@H](C(=O)O)C(N)c1ccc(Cl)cc1Cl. The number of rotatable bonds is 4. The minimum atomic E-state index is -1.55. The van der Waals surface area contributed by atoms with Crippen LogP contribution in [0.4, 0.5) is 0 Å². The first-order valence-electron chi connectivity index (χ1n) is 6.19. The molecule has 0 amide bonds.